The minimum atomic E-state index is -1.07. The van der Waals surface area contributed by atoms with Crippen LogP contribution in [0.1, 0.15) is 47.9 Å². The van der Waals surface area contributed by atoms with E-state index in [9.17, 15) is 9.90 Å². The molecule has 0 unspecified atom stereocenters. The lowest BCUT2D eigenvalue weighted by molar-refractivity contribution is -0.145. The molecule has 112 valence electrons. The fraction of sp³-hybridized carbons (Fsp3) is 0.471. The first-order valence-corrected chi connectivity index (χ1v) is 8.09. The Morgan fingerprint density at radius 1 is 1.19 bits per heavy atom. The van der Waals surface area contributed by atoms with E-state index in [-0.39, 0.29) is 5.41 Å². The van der Waals surface area contributed by atoms with Gasteiger partial charge in [-0.05, 0) is 67.9 Å². The van der Waals surface area contributed by atoms with E-state index in [0.29, 0.717) is 12.8 Å². The fourth-order valence-electron chi connectivity index (χ4n) is 3.62. The molecule has 2 aliphatic carbocycles. The van der Waals surface area contributed by atoms with Crippen LogP contribution >= 0.6 is 15.9 Å². The molecule has 3 rings (SSSR count). The molecular weight excluding hydrogens is 330 g/mol. The highest BCUT2D eigenvalue weighted by molar-refractivity contribution is 9.11. The van der Waals surface area contributed by atoms with Crippen LogP contribution in [0.3, 0.4) is 0 Å². The smallest absolute Gasteiger partial charge is 0.323 e. The van der Waals surface area contributed by atoms with Crippen molar-refractivity contribution in [3.8, 4) is 0 Å². The van der Waals surface area contributed by atoms with Crippen LogP contribution in [0.2, 0.25) is 0 Å². The van der Waals surface area contributed by atoms with Crippen LogP contribution in [0.15, 0.2) is 16.6 Å². The van der Waals surface area contributed by atoms with Gasteiger partial charge in [0.15, 0.2) is 0 Å². The molecule has 2 aliphatic rings. The second-order valence-corrected chi connectivity index (χ2v) is 7.41. The van der Waals surface area contributed by atoms with E-state index in [1.54, 1.807) is 0 Å². The summed E-state index contributed by atoms with van der Waals surface area (Å²) >= 11 is 3.73. The van der Waals surface area contributed by atoms with Gasteiger partial charge < -0.3 is 10.8 Å². The number of halogens is 1. The van der Waals surface area contributed by atoms with Crippen molar-refractivity contribution in [1.29, 1.82) is 0 Å². The number of hydrogen-bond donors (Lipinski definition) is 2. The molecule has 0 atom stereocenters. The maximum atomic E-state index is 11.4. The molecule has 1 fully saturated rings. The van der Waals surface area contributed by atoms with Gasteiger partial charge >= 0.3 is 5.97 Å². The van der Waals surface area contributed by atoms with E-state index in [0.717, 1.165) is 12.8 Å². The molecule has 0 saturated heterocycles. The van der Waals surface area contributed by atoms with Gasteiger partial charge in [-0.15, -0.1) is 0 Å². The minimum Gasteiger partial charge on any atom is -0.480 e. The Kier molecular flexibility index (Phi) is 3.30. The molecule has 21 heavy (non-hydrogen) atoms. The first kappa shape index (κ1) is 14.8. The number of benzene rings is 1. The van der Waals surface area contributed by atoms with Crippen LogP contribution in [0.5, 0.6) is 0 Å². The predicted molar refractivity (Wildman–Crippen MR) is 87.5 cm³/mol. The van der Waals surface area contributed by atoms with Crippen LogP contribution in [-0.2, 0) is 10.2 Å². The molecule has 1 aromatic rings. The predicted octanol–water partition coefficient (Wildman–Crippen LogP) is 3.65. The van der Waals surface area contributed by atoms with Gasteiger partial charge in [-0.3, -0.25) is 4.79 Å². The summed E-state index contributed by atoms with van der Waals surface area (Å²) in [6.45, 7) is 4.25. The zero-order chi connectivity index (χ0) is 15.4. The highest BCUT2D eigenvalue weighted by atomic mass is 79.9. The highest BCUT2D eigenvalue weighted by Gasteiger charge is 2.49. The number of carboxylic acids is 1. The highest BCUT2D eigenvalue weighted by Crippen LogP contribution is 2.54. The van der Waals surface area contributed by atoms with Crippen molar-refractivity contribution in [2.75, 3.05) is 0 Å². The van der Waals surface area contributed by atoms with Gasteiger partial charge in [-0.2, -0.15) is 0 Å². The molecule has 0 amide bonds. The maximum absolute atomic E-state index is 11.4. The van der Waals surface area contributed by atoms with E-state index < -0.39 is 11.5 Å². The average Bonchev–Trinajstić information content (AvgIpc) is 2.67. The number of nitrogens with two attached hydrogens (primary N) is 1. The van der Waals surface area contributed by atoms with Gasteiger partial charge in [0, 0.05) is 9.90 Å². The van der Waals surface area contributed by atoms with Crippen molar-refractivity contribution in [3.63, 3.8) is 0 Å². The Bertz CT molecular complexity index is 655. The van der Waals surface area contributed by atoms with E-state index in [4.69, 9.17) is 5.73 Å². The van der Waals surface area contributed by atoms with Gasteiger partial charge in [-0.25, -0.2) is 0 Å². The lowest BCUT2D eigenvalue weighted by atomic mass is 9.65. The summed E-state index contributed by atoms with van der Waals surface area (Å²) in [6.07, 6.45) is 4.77. The Morgan fingerprint density at radius 3 is 2.33 bits per heavy atom. The lowest BCUT2D eigenvalue weighted by Gasteiger charge is -2.42. The molecular formula is C17H20BrNO2. The average molecular weight is 350 g/mol. The normalized spacial score (nSPS) is 31.1. The second-order valence-electron chi connectivity index (χ2n) is 6.56. The van der Waals surface area contributed by atoms with Crippen molar-refractivity contribution < 1.29 is 9.90 Å². The van der Waals surface area contributed by atoms with Crippen LogP contribution in [0.25, 0.3) is 6.08 Å². The number of rotatable bonds is 1. The summed E-state index contributed by atoms with van der Waals surface area (Å²) in [4.78, 5) is 11.4. The molecule has 0 aliphatic heterocycles. The summed E-state index contributed by atoms with van der Waals surface area (Å²) in [5, 5.41) is 9.32. The summed E-state index contributed by atoms with van der Waals surface area (Å²) < 4.78 is 1.17. The Labute approximate surface area is 133 Å². The number of aliphatic carboxylic acids is 1. The Balaban J connectivity index is 2.01. The maximum Gasteiger partial charge on any atom is 0.323 e. The molecule has 3 nitrogen and oxygen atoms in total. The molecule has 0 heterocycles. The number of allylic oxidation sites excluding steroid dienone is 1. The minimum absolute atomic E-state index is 0.0773. The van der Waals surface area contributed by atoms with E-state index in [1.165, 1.54) is 26.7 Å². The van der Waals surface area contributed by atoms with Crippen molar-refractivity contribution in [2.24, 2.45) is 5.73 Å². The SMILES string of the molecule is Cc1cc2c(cc1C)C1(CCC(N)(C(=O)O)CC1)C(Br)=C2. The van der Waals surface area contributed by atoms with Gasteiger partial charge in [0.25, 0.3) is 0 Å². The van der Waals surface area contributed by atoms with Gasteiger partial charge in [0.1, 0.15) is 5.54 Å². The van der Waals surface area contributed by atoms with Crippen molar-refractivity contribution in [2.45, 2.75) is 50.5 Å². The monoisotopic (exact) mass is 349 g/mol. The number of carbonyl (C=O) groups is 1. The zero-order valence-electron chi connectivity index (χ0n) is 12.4. The van der Waals surface area contributed by atoms with Crippen molar-refractivity contribution >= 4 is 28.0 Å². The van der Waals surface area contributed by atoms with Crippen LogP contribution in [0, 0.1) is 13.8 Å². The Morgan fingerprint density at radius 2 is 1.76 bits per heavy atom. The second kappa shape index (κ2) is 4.68. The van der Waals surface area contributed by atoms with E-state index in [2.05, 4.69) is 48.0 Å². The zero-order valence-corrected chi connectivity index (χ0v) is 14.0. The molecule has 1 saturated carbocycles. The van der Waals surface area contributed by atoms with Crippen LogP contribution in [0.4, 0.5) is 0 Å². The van der Waals surface area contributed by atoms with Gasteiger partial charge in [0.2, 0.25) is 0 Å². The topological polar surface area (TPSA) is 63.3 Å². The molecule has 1 spiro atoms. The summed E-state index contributed by atoms with van der Waals surface area (Å²) in [5.74, 6) is -0.879. The first-order chi connectivity index (χ1) is 9.78. The number of carboxylic acid groups (broad SMARTS) is 1. The van der Waals surface area contributed by atoms with Crippen LogP contribution in [-0.4, -0.2) is 16.6 Å². The summed E-state index contributed by atoms with van der Waals surface area (Å²) in [6, 6.07) is 4.49. The Hall–Kier alpha value is -1.13. The number of fused-ring (bicyclic) bond motifs is 2. The first-order valence-electron chi connectivity index (χ1n) is 7.30. The molecule has 0 radical (unpaired) electrons. The quantitative estimate of drug-likeness (QED) is 0.813. The summed E-state index contributed by atoms with van der Waals surface area (Å²) in [7, 11) is 0. The third-order valence-corrected chi connectivity index (χ3v) is 6.33. The standard InChI is InChI=1S/C17H20BrNO2/c1-10-7-12-9-14(18)16(13(12)8-11(10)2)3-5-17(19,6-4-16)15(20)21/h7-9H,3-6,19H2,1-2H3,(H,20,21). The molecule has 3 N–H and O–H groups in total. The van der Waals surface area contributed by atoms with Crippen LogP contribution < -0.4 is 5.73 Å². The van der Waals surface area contributed by atoms with Gasteiger partial charge in [-0.1, -0.05) is 28.1 Å². The number of hydrogen-bond acceptors (Lipinski definition) is 2. The lowest BCUT2D eigenvalue weighted by Crippen LogP contribution is -2.53. The molecule has 1 aromatic carbocycles. The van der Waals surface area contributed by atoms with Crippen molar-refractivity contribution in [3.05, 3.63) is 38.9 Å². The third kappa shape index (κ3) is 2.08. The third-order valence-electron chi connectivity index (χ3n) is 5.34. The molecule has 0 bridgehead atoms. The largest absolute Gasteiger partial charge is 0.480 e. The number of aryl methyl sites for hydroxylation is 2. The summed E-state index contributed by atoms with van der Waals surface area (Å²) in [5.41, 5.74) is 10.0. The molecule has 0 aromatic heterocycles. The van der Waals surface area contributed by atoms with E-state index >= 15 is 0 Å². The van der Waals surface area contributed by atoms with Crippen molar-refractivity contribution in [1.82, 2.24) is 0 Å². The van der Waals surface area contributed by atoms with Gasteiger partial charge in [0.05, 0.1) is 0 Å². The molecule has 4 heteroatoms. The fourth-order valence-corrected chi connectivity index (χ4v) is 4.48. The van der Waals surface area contributed by atoms with E-state index in [1.807, 2.05) is 0 Å².